The molecule has 0 aliphatic carbocycles. The summed E-state index contributed by atoms with van der Waals surface area (Å²) in [6, 6.07) is 16.0. The molecule has 2 saturated heterocycles. The summed E-state index contributed by atoms with van der Waals surface area (Å²) < 4.78 is 0. The summed E-state index contributed by atoms with van der Waals surface area (Å²) in [5.74, 6) is 0.847. The zero-order valence-electron chi connectivity index (χ0n) is 11.2. The second-order valence-electron chi connectivity index (χ2n) is 5.95. The fourth-order valence-corrected chi connectivity index (χ4v) is 3.63. The standard InChI is InChI=1S/C17H20N2/c1-2-4-14-11-16(6-5-13(14)3-1)18-17-8-10-19-9-7-15(17)12-19/h1-6,11,15,17-18H,7-10,12H2. The monoisotopic (exact) mass is 252 g/mol. The van der Waals surface area contributed by atoms with E-state index in [0.717, 1.165) is 5.92 Å². The van der Waals surface area contributed by atoms with Gasteiger partial charge in [-0.3, -0.25) is 0 Å². The molecule has 2 aliphatic rings. The fraction of sp³-hybridized carbons (Fsp3) is 0.412. The first-order chi connectivity index (χ1) is 9.38. The minimum atomic E-state index is 0.667. The summed E-state index contributed by atoms with van der Waals surface area (Å²) in [6.07, 6.45) is 2.66. The average Bonchev–Trinajstić information content (AvgIpc) is 2.85. The molecule has 2 heteroatoms. The molecule has 1 N–H and O–H groups in total. The van der Waals surface area contributed by atoms with Crippen LogP contribution in [0.1, 0.15) is 12.8 Å². The maximum atomic E-state index is 3.77. The molecule has 3 unspecified atom stereocenters. The molecule has 2 nitrogen and oxygen atoms in total. The number of fused-ring (bicyclic) bond motifs is 3. The lowest BCUT2D eigenvalue weighted by Gasteiger charge is -2.31. The highest BCUT2D eigenvalue weighted by Crippen LogP contribution is 2.30. The van der Waals surface area contributed by atoms with Crippen LogP contribution in [0.3, 0.4) is 0 Å². The van der Waals surface area contributed by atoms with Crippen LogP contribution in [0.25, 0.3) is 10.8 Å². The summed E-state index contributed by atoms with van der Waals surface area (Å²) >= 11 is 0. The Bertz CT molecular complexity index is 593. The molecule has 2 fully saturated rings. The smallest absolute Gasteiger partial charge is 0.0348 e. The number of nitrogens with one attached hydrogen (secondary N) is 1. The van der Waals surface area contributed by atoms with Gasteiger partial charge in [0.25, 0.3) is 0 Å². The number of benzene rings is 2. The van der Waals surface area contributed by atoms with Crippen molar-refractivity contribution < 1.29 is 0 Å². The van der Waals surface area contributed by atoms with Crippen molar-refractivity contribution in [2.75, 3.05) is 25.0 Å². The van der Waals surface area contributed by atoms with E-state index < -0.39 is 0 Å². The van der Waals surface area contributed by atoms with E-state index in [4.69, 9.17) is 0 Å². The van der Waals surface area contributed by atoms with E-state index in [2.05, 4.69) is 52.7 Å². The molecule has 0 aromatic heterocycles. The third kappa shape index (κ3) is 2.10. The molecule has 2 heterocycles. The topological polar surface area (TPSA) is 15.3 Å². The first-order valence-corrected chi connectivity index (χ1v) is 7.36. The van der Waals surface area contributed by atoms with E-state index in [-0.39, 0.29) is 0 Å². The minimum absolute atomic E-state index is 0.667. The van der Waals surface area contributed by atoms with Gasteiger partial charge < -0.3 is 10.2 Å². The number of piperidine rings is 1. The molecule has 0 radical (unpaired) electrons. The molecular formula is C17H20N2. The minimum Gasteiger partial charge on any atom is -0.382 e. The van der Waals surface area contributed by atoms with Gasteiger partial charge in [-0.15, -0.1) is 0 Å². The van der Waals surface area contributed by atoms with E-state index in [1.54, 1.807) is 0 Å². The van der Waals surface area contributed by atoms with Crippen molar-refractivity contribution >= 4 is 16.5 Å². The molecule has 2 aromatic rings. The molecule has 0 amide bonds. The van der Waals surface area contributed by atoms with Crippen molar-refractivity contribution in [2.24, 2.45) is 5.92 Å². The lowest BCUT2D eigenvalue weighted by molar-refractivity contribution is 0.255. The molecule has 98 valence electrons. The van der Waals surface area contributed by atoms with Gasteiger partial charge in [-0.25, -0.2) is 0 Å². The van der Waals surface area contributed by atoms with Crippen molar-refractivity contribution in [3.05, 3.63) is 42.5 Å². The van der Waals surface area contributed by atoms with Gasteiger partial charge in [-0.05, 0) is 48.2 Å². The van der Waals surface area contributed by atoms with Crippen molar-refractivity contribution in [2.45, 2.75) is 18.9 Å². The fourth-order valence-electron chi connectivity index (χ4n) is 3.63. The second kappa shape index (κ2) is 4.53. The van der Waals surface area contributed by atoms with E-state index in [1.165, 1.54) is 48.9 Å². The largest absolute Gasteiger partial charge is 0.382 e. The van der Waals surface area contributed by atoms with Crippen LogP contribution in [0, 0.1) is 5.92 Å². The number of nitrogens with zero attached hydrogens (tertiary/aromatic N) is 1. The molecule has 19 heavy (non-hydrogen) atoms. The van der Waals surface area contributed by atoms with Crippen LogP contribution in [-0.4, -0.2) is 30.6 Å². The number of hydrogen-bond acceptors (Lipinski definition) is 2. The van der Waals surface area contributed by atoms with Crippen LogP contribution in [0.4, 0.5) is 5.69 Å². The summed E-state index contributed by atoms with van der Waals surface area (Å²) in [7, 11) is 0. The second-order valence-corrected chi connectivity index (χ2v) is 5.95. The van der Waals surface area contributed by atoms with Gasteiger partial charge in [0.15, 0.2) is 0 Å². The Kier molecular flexibility index (Phi) is 2.70. The number of rotatable bonds is 2. The van der Waals surface area contributed by atoms with Crippen LogP contribution in [0.15, 0.2) is 42.5 Å². The van der Waals surface area contributed by atoms with Crippen molar-refractivity contribution in [3.63, 3.8) is 0 Å². The Hall–Kier alpha value is -1.54. The van der Waals surface area contributed by atoms with Crippen LogP contribution >= 0.6 is 0 Å². The van der Waals surface area contributed by atoms with Crippen LogP contribution in [0.2, 0.25) is 0 Å². The molecule has 0 saturated carbocycles. The highest BCUT2D eigenvalue weighted by atomic mass is 15.2. The SMILES string of the molecule is c1ccc2cc(NC3CCN4CCC3C4)ccc2c1. The van der Waals surface area contributed by atoms with Crippen LogP contribution in [-0.2, 0) is 0 Å². The highest BCUT2D eigenvalue weighted by molar-refractivity contribution is 5.85. The van der Waals surface area contributed by atoms with Gasteiger partial charge in [0.2, 0.25) is 0 Å². The first kappa shape index (κ1) is 11.3. The normalized spacial score (nSPS) is 29.6. The van der Waals surface area contributed by atoms with Gasteiger partial charge in [-0.2, -0.15) is 0 Å². The summed E-state index contributed by atoms with van der Waals surface area (Å²) in [5.41, 5.74) is 1.28. The van der Waals surface area contributed by atoms with Crippen LogP contribution < -0.4 is 5.32 Å². The molecule has 3 atom stereocenters. The maximum absolute atomic E-state index is 3.77. The maximum Gasteiger partial charge on any atom is 0.0348 e. The van der Waals surface area contributed by atoms with E-state index in [9.17, 15) is 0 Å². The molecule has 4 rings (SSSR count). The molecular weight excluding hydrogens is 232 g/mol. The summed E-state index contributed by atoms with van der Waals surface area (Å²) in [5, 5.41) is 6.43. The van der Waals surface area contributed by atoms with Gasteiger partial charge >= 0.3 is 0 Å². The van der Waals surface area contributed by atoms with Gasteiger partial charge in [0.05, 0.1) is 0 Å². The lowest BCUT2D eigenvalue weighted by Crippen LogP contribution is -2.39. The van der Waals surface area contributed by atoms with Gasteiger partial charge in [0.1, 0.15) is 0 Å². The van der Waals surface area contributed by atoms with E-state index >= 15 is 0 Å². The van der Waals surface area contributed by atoms with Gasteiger partial charge in [-0.1, -0.05) is 30.3 Å². The zero-order valence-corrected chi connectivity index (χ0v) is 11.2. The summed E-state index contributed by atoms with van der Waals surface area (Å²) in [6.45, 7) is 3.87. The Morgan fingerprint density at radius 3 is 2.74 bits per heavy atom. The predicted octanol–water partition coefficient (Wildman–Crippen LogP) is 3.35. The third-order valence-corrected chi connectivity index (χ3v) is 4.74. The predicted molar refractivity (Wildman–Crippen MR) is 80.5 cm³/mol. The van der Waals surface area contributed by atoms with Crippen LogP contribution in [0.5, 0.6) is 0 Å². The third-order valence-electron chi connectivity index (χ3n) is 4.74. The molecule has 2 aliphatic heterocycles. The number of hydrogen-bond donors (Lipinski definition) is 1. The number of anilines is 1. The Labute approximate surface area is 114 Å². The van der Waals surface area contributed by atoms with Gasteiger partial charge in [0, 0.05) is 24.8 Å². The Balaban J connectivity index is 1.57. The quantitative estimate of drug-likeness (QED) is 0.881. The highest BCUT2D eigenvalue weighted by Gasteiger charge is 2.33. The van der Waals surface area contributed by atoms with Crippen molar-refractivity contribution in [1.29, 1.82) is 0 Å². The van der Waals surface area contributed by atoms with Crippen molar-refractivity contribution in [1.82, 2.24) is 4.90 Å². The average molecular weight is 252 g/mol. The molecule has 2 aromatic carbocycles. The molecule has 0 spiro atoms. The molecule has 2 bridgehead atoms. The first-order valence-electron chi connectivity index (χ1n) is 7.36. The lowest BCUT2D eigenvalue weighted by atomic mass is 9.94. The summed E-state index contributed by atoms with van der Waals surface area (Å²) in [4.78, 5) is 2.60. The van der Waals surface area contributed by atoms with E-state index in [1.807, 2.05) is 0 Å². The van der Waals surface area contributed by atoms with E-state index in [0.29, 0.717) is 6.04 Å². The Morgan fingerprint density at radius 2 is 1.79 bits per heavy atom. The Morgan fingerprint density at radius 1 is 0.947 bits per heavy atom. The zero-order chi connectivity index (χ0) is 12.7. The van der Waals surface area contributed by atoms with Crippen molar-refractivity contribution in [3.8, 4) is 0 Å².